The number of ether oxygens (including phenoxy) is 1. The minimum atomic E-state index is -0.0244. The fourth-order valence-electron chi connectivity index (χ4n) is 2.32. The van der Waals surface area contributed by atoms with E-state index in [9.17, 15) is 4.79 Å². The van der Waals surface area contributed by atoms with Gasteiger partial charge in [-0.15, -0.1) is 0 Å². The molecule has 0 fully saturated rings. The van der Waals surface area contributed by atoms with Gasteiger partial charge in [-0.05, 0) is 17.9 Å². The fraction of sp³-hybridized carbons (Fsp3) is 0.438. The number of carbonyl (C=O) groups is 1. The van der Waals surface area contributed by atoms with Gasteiger partial charge in [0.1, 0.15) is 0 Å². The molecule has 0 aliphatic rings. The first-order valence-electron chi connectivity index (χ1n) is 6.70. The van der Waals surface area contributed by atoms with Crippen LogP contribution in [0.4, 0.5) is 0 Å². The van der Waals surface area contributed by atoms with E-state index in [0.29, 0.717) is 0 Å². The number of hydrogen-bond donors (Lipinski definition) is 1. The number of fused-ring (bicyclic) bond motifs is 1. The number of rotatable bonds is 5. The molecule has 0 saturated carbocycles. The second-order valence-electron chi connectivity index (χ2n) is 6.01. The van der Waals surface area contributed by atoms with E-state index in [0.717, 1.165) is 35.1 Å². The smallest absolute Gasteiger partial charge is 0.207 e. The molecular formula is C16H21NO3. The van der Waals surface area contributed by atoms with Crippen molar-refractivity contribution in [2.75, 3.05) is 7.11 Å². The molecule has 0 radical (unpaired) electrons. The van der Waals surface area contributed by atoms with Gasteiger partial charge in [-0.2, -0.15) is 0 Å². The highest BCUT2D eigenvalue weighted by atomic mass is 16.5. The highest BCUT2D eigenvalue weighted by Crippen LogP contribution is 2.32. The van der Waals surface area contributed by atoms with Crippen molar-refractivity contribution in [2.45, 2.75) is 33.2 Å². The first-order valence-corrected chi connectivity index (χ1v) is 6.70. The average molecular weight is 275 g/mol. The number of amides is 1. The van der Waals surface area contributed by atoms with Crippen LogP contribution < -0.4 is 10.1 Å². The van der Waals surface area contributed by atoms with E-state index < -0.39 is 0 Å². The minimum absolute atomic E-state index is 0.0244. The molecule has 4 nitrogen and oxygen atoms in total. The third-order valence-electron chi connectivity index (χ3n) is 3.60. The summed E-state index contributed by atoms with van der Waals surface area (Å²) in [5, 5.41) is 3.93. The molecule has 0 spiro atoms. The summed E-state index contributed by atoms with van der Waals surface area (Å²) in [6, 6.07) is 5.88. The third-order valence-corrected chi connectivity index (χ3v) is 3.60. The summed E-state index contributed by atoms with van der Waals surface area (Å²) in [7, 11) is 1.63. The van der Waals surface area contributed by atoms with Gasteiger partial charge in [0.15, 0.2) is 11.3 Å². The zero-order chi connectivity index (χ0) is 14.8. The lowest BCUT2D eigenvalue weighted by Gasteiger charge is -2.29. The van der Waals surface area contributed by atoms with Crippen LogP contribution in [0.15, 0.2) is 28.9 Å². The van der Waals surface area contributed by atoms with Crippen molar-refractivity contribution in [1.29, 1.82) is 0 Å². The lowest BCUT2D eigenvalue weighted by atomic mass is 9.83. The van der Waals surface area contributed by atoms with E-state index in [1.165, 1.54) is 0 Å². The number of hydrogen-bond acceptors (Lipinski definition) is 3. The van der Waals surface area contributed by atoms with Crippen LogP contribution in [0.3, 0.4) is 0 Å². The van der Waals surface area contributed by atoms with Crippen molar-refractivity contribution in [3.63, 3.8) is 0 Å². The second-order valence-corrected chi connectivity index (χ2v) is 6.01. The van der Waals surface area contributed by atoms with Gasteiger partial charge in [0.2, 0.25) is 6.41 Å². The minimum Gasteiger partial charge on any atom is -0.493 e. The van der Waals surface area contributed by atoms with Gasteiger partial charge in [-0.25, -0.2) is 0 Å². The molecule has 0 unspecified atom stereocenters. The monoisotopic (exact) mass is 275 g/mol. The standard InChI is InChI=1S/C16H21NO3/c1-16(2,3)14(17-10-18)8-11-9-20-15-12(11)6-5-7-13(15)19-4/h5-7,9-10,14H,8H2,1-4H3,(H,17,18)/t14-/m0/s1. The molecule has 1 amide bonds. The number of nitrogens with one attached hydrogen (secondary N) is 1. The molecule has 2 rings (SSSR count). The molecular weight excluding hydrogens is 254 g/mol. The summed E-state index contributed by atoms with van der Waals surface area (Å²) >= 11 is 0. The maximum Gasteiger partial charge on any atom is 0.207 e. The molecule has 1 atom stereocenters. The Labute approximate surface area is 119 Å². The predicted octanol–water partition coefficient (Wildman–Crippen LogP) is 3.14. The second kappa shape index (κ2) is 5.57. The Morgan fingerprint density at radius 1 is 1.40 bits per heavy atom. The largest absolute Gasteiger partial charge is 0.493 e. The van der Waals surface area contributed by atoms with E-state index in [1.807, 2.05) is 18.2 Å². The van der Waals surface area contributed by atoms with Crippen LogP contribution in [0.25, 0.3) is 11.0 Å². The lowest BCUT2D eigenvalue weighted by molar-refractivity contribution is -0.110. The Kier molecular flexibility index (Phi) is 4.02. The van der Waals surface area contributed by atoms with Crippen molar-refractivity contribution in [1.82, 2.24) is 5.32 Å². The number of benzene rings is 1. The molecule has 0 bridgehead atoms. The van der Waals surface area contributed by atoms with Crippen molar-refractivity contribution in [3.8, 4) is 5.75 Å². The van der Waals surface area contributed by atoms with Crippen LogP contribution in [-0.2, 0) is 11.2 Å². The van der Waals surface area contributed by atoms with E-state index in [4.69, 9.17) is 9.15 Å². The summed E-state index contributed by atoms with van der Waals surface area (Å²) in [5.41, 5.74) is 1.81. The Morgan fingerprint density at radius 2 is 2.15 bits per heavy atom. The Balaban J connectivity index is 2.36. The molecule has 108 valence electrons. The summed E-state index contributed by atoms with van der Waals surface area (Å²) in [4.78, 5) is 10.8. The summed E-state index contributed by atoms with van der Waals surface area (Å²) in [6.07, 6.45) is 3.24. The van der Waals surface area contributed by atoms with Gasteiger partial charge in [0.05, 0.1) is 13.4 Å². The maximum absolute atomic E-state index is 10.8. The molecule has 0 aliphatic heterocycles. The van der Waals surface area contributed by atoms with E-state index in [2.05, 4.69) is 26.1 Å². The lowest BCUT2D eigenvalue weighted by Crippen LogP contribution is -2.41. The summed E-state index contributed by atoms with van der Waals surface area (Å²) in [5.74, 6) is 0.726. The van der Waals surface area contributed by atoms with Crippen LogP contribution >= 0.6 is 0 Å². The predicted molar refractivity (Wildman–Crippen MR) is 78.9 cm³/mol. The van der Waals surface area contributed by atoms with Crippen LogP contribution in [0.5, 0.6) is 5.75 Å². The van der Waals surface area contributed by atoms with Crippen LogP contribution in [0.2, 0.25) is 0 Å². The van der Waals surface area contributed by atoms with Crippen molar-refractivity contribution in [3.05, 3.63) is 30.0 Å². The molecule has 1 aromatic heterocycles. The van der Waals surface area contributed by atoms with Crippen LogP contribution in [0.1, 0.15) is 26.3 Å². The maximum atomic E-state index is 10.8. The zero-order valence-electron chi connectivity index (χ0n) is 12.4. The van der Waals surface area contributed by atoms with Crippen LogP contribution in [0, 0.1) is 5.41 Å². The quantitative estimate of drug-likeness (QED) is 0.853. The Hall–Kier alpha value is -1.97. The fourth-order valence-corrected chi connectivity index (χ4v) is 2.32. The van der Waals surface area contributed by atoms with Gasteiger partial charge < -0.3 is 14.5 Å². The van der Waals surface area contributed by atoms with E-state index in [-0.39, 0.29) is 11.5 Å². The first kappa shape index (κ1) is 14.4. The number of para-hydroxylation sites is 1. The number of methoxy groups -OCH3 is 1. The number of carbonyl (C=O) groups excluding carboxylic acids is 1. The van der Waals surface area contributed by atoms with Gasteiger partial charge >= 0.3 is 0 Å². The molecule has 2 aromatic rings. The van der Waals surface area contributed by atoms with Crippen molar-refractivity contribution >= 4 is 17.4 Å². The zero-order valence-corrected chi connectivity index (χ0v) is 12.4. The van der Waals surface area contributed by atoms with E-state index >= 15 is 0 Å². The normalized spacial score (nSPS) is 13.2. The van der Waals surface area contributed by atoms with Crippen molar-refractivity contribution < 1.29 is 13.9 Å². The molecule has 20 heavy (non-hydrogen) atoms. The Bertz CT molecular complexity index is 595. The topological polar surface area (TPSA) is 51.5 Å². The third kappa shape index (κ3) is 2.79. The van der Waals surface area contributed by atoms with Gasteiger partial charge in [-0.3, -0.25) is 4.79 Å². The molecule has 1 heterocycles. The van der Waals surface area contributed by atoms with E-state index in [1.54, 1.807) is 13.4 Å². The molecule has 1 N–H and O–H groups in total. The summed E-state index contributed by atoms with van der Waals surface area (Å²) < 4.78 is 10.9. The molecule has 4 heteroatoms. The summed E-state index contributed by atoms with van der Waals surface area (Å²) in [6.45, 7) is 6.32. The molecule has 0 aliphatic carbocycles. The molecule has 0 saturated heterocycles. The SMILES string of the molecule is COc1cccc2c(C[C@H](NC=O)C(C)(C)C)coc12. The van der Waals surface area contributed by atoms with Crippen molar-refractivity contribution in [2.24, 2.45) is 5.41 Å². The molecule has 1 aromatic carbocycles. The van der Waals surface area contributed by atoms with Crippen LogP contribution in [-0.4, -0.2) is 19.6 Å². The number of furan rings is 1. The highest BCUT2D eigenvalue weighted by molar-refractivity contribution is 5.86. The average Bonchev–Trinajstić information content (AvgIpc) is 2.80. The van der Waals surface area contributed by atoms with Gasteiger partial charge in [0.25, 0.3) is 0 Å². The van der Waals surface area contributed by atoms with Gasteiger partial charge in [-0.1, -0.05) is 32.9 Å². The first-order chi connectivity index (χ1) is 9.47. The Morgan fingerprint density at radius 3 is 2.75 bits per heavy atom. The highest BCUT2D eigenvalue weighted by Gasteiger charge is 2.25. The van der Waals surface area contributed by atoms with Gasteiger partial charge in [0, 0.05) is 17.0 Å².